The number of hydrogen-bond donors (Lipinski definition) is 1. The predicted octanol–water partition coefficient (Wildman–Crippen LogP) is 1.66. The molecule has 1 saturated heterocycles. The number of benzene rings is 1. The molecule has 0 unspecified atom stereocenters. The first-order valence-corrected chi connectivity index (χ1v) is 10.6. The topological polar surface area (TPSA) is 87.2 Å². The first kappa shape index (κ1) is 20.7. The van der Waals surface area contributed by atoms with E-state index >= 15 is 0 Å². The summed E-state index contributed by atoms with van der Waals surface area (Å²) >= 11 is 0. The third-order valence-electron chi connectivity index (χ3n) is 4.64. The average Bonchev–Trinajstić information content (AvgIpc) is 2.65. The largest absolute Gasteiger partial charge is 0.494 e. The number of carboxylic acids is 1. The molecule has 0 aromatic heterocycles. The third-order valence-corrected chi connectivity index (χ3v) is 6.52. The molecule has 1 aliphatic rings. The fourth-order valence-corrected chi connectivity index (χ4v) is 4.34. The molecule has 26 heavy (non-hydrogen) atoms. The number of sulfonamides is 1. The molecule has 2 rings (SSSR count). The molecule has 0 aliphatic carbocycles. The fourth-order valence-electron chi connectivity index (χ4n) is 3.21. The second-order valence-electron chi connectivity index (χ2n) is 6.41. The van der Waals surface area contributed by atoms with Gasteiger partial charge in [0.05, 0.1) is 18.9 Å². The molecule has 0 bridgehead atoms. The molecule has 1 heterocycles. The maximum Gasteiger partial charge on any atom is 0.317 e. The van der Waals surface area contributed by atoms with E-state index in [9.17, 15) is 18.3 Å². The van der Waals surface area contributed by atoms with Gasteiger partial charge in [-0.3, -0.25) is 9.69 Å². The summed E-state index contributed by atoms with van der Waals surface area (Å²) in [6.45, 7) is 3.66. The van der Waals surface area contributed by atoms with Crippen LogP contribution in [0.2, 0.25) is 0 Å². The van der Waals surface area contributed by atoms with Crippen LogP contribution in [0.15, 0.2) is 30.3 Å². The number of ether oxygens (including phenoxy) is 1. The molecule has 1 fully saturated rings. The van der Waals surface area contributed by atoms with Crippen LogP contribution in [0.5, 0.6) is 5.75 Å². The molecular formula is C18H28N2O5S. The van der Waals surface area contributed by atoms with Crippen molar-refractivity contribution in [3.05, 3.63) is 30.3 Å². The number of piperidine rings is 1. The molecule has 0 radical (unpaired) electrons. The summed E-state index contributed by atoms with van der Waals surface area (Å²) in [5.74, 6) is 0.0424. The Morgan fingerprint density at radius 3 is 2.50 bits per heavy atom. The Morgan fingerprint density at radius 1 is 1.27 bits per heavy atom. The van der Waals surface area contributed by atoms with Gasteiger partial charge < -0.3 is 9.84 Å². The van der Waals surface area contributed by atoms with Crippen LogP contribution in [-0.2, 0) is 14.8 Å². The van der Waals surface area contributed by atoms with E-state index in [0.29, 0.717) is 39.1 Å². The van der Waals surface area contributed by atoms with Crippen LogP contribution in [0, 0.1) is 0 Å². The molecule has 1 aromatic rings. The van der Waals surface area contributed by atoms with Gasteiger partial charge in [-0.25, -0.2) is 12.7 Å². The third kappa shape index (κ3) is 6.26. The van der Waals surface area contributed by atoms with E-state index < -0.39 is 16.0 Å². The van der Waals surface area contributed by atoms with Crippen LogP contribution in [0.3, 0.4) is 0 Å². The maximum atomic E-state index is 12.0. The van der Waals surface area contributed by atoms with Crippen molar-refractivity contribution in [3.63, 3.8) is 0 Å². The number of carboxylic acid groups (broad SMARTS) is 1. The summed E-state index contributed by atoms with van der Waals surface area (Å²) in [4.78, 5) is 13.1. The van der Waals surface area contributed by atoms with Crippen LogP contribution < -0.4 is 4.74 Å². The lowest BCUT2D eigenvalue weighted by atomic mass is 10.0. The Balaban J connectivity index is 1.82. The van der Waals surface area contributed by atoms with Gasteiger partial charge in [0.1, 0.15) is 5.75 Å². The van der Waals surface area contributed by atoms with E-state index in [2.05, 4.69) is 0 Å². The van der Waals surface area contributed by atoms with Crippen LogP contribution in [0.4, 0.5) is 0 Å². The first-order chi connectivity index (χ1) is 12.4. The molecule has 0 amide bonds. The van der Waals surface area contributed by atoms with Crippen molar-refractivity contribution in [1.29, 1.82) is 0 Å². The Kier molecular flexibility index (Phi) is 7.86. The zero-order valence-corrected chi connectivity index (χ0v) is 16.0. The van der Waals surface area contributed by atoms with Crippen molar-refractivity contribution in [2.45, 2.75) is 32.2 Å². The lowest BCUT2D eigenvalue weighted by molar-refractivity contribution is -0.139. The van der Waals surface area contributed by atoms with Gasteiger partial charge in [0.15, 0.2) is 0 Å². The molecule has 0 atom stereocenters. The number of hydrogen-bond acceptors (Lipinski definition) is 5. The summed E-state index contributed by atoms with van der Waals surface area (Å²) in [6, 6.07) is 9.60. The van der Waals surface area contributed by atoms with Gasteiger partial charge >= 0.3 is 5.97 Å². The number of para-hydroxylation sites is 1. The SMILES string of the molecule is CCS(=O)(=O)N1CCC(N(CCCOc2ccccc2)CC(=O)O)CC1. The van der Waals surface area contributed by atoms with Gasteiger partial charge in [0, 0.05) is 25.7 Å². The normalized spacial score (nSPS) is 16.7. The monoisotopic (exact) mass is 384 g/mol. The molecule has 1 aromatic carbocycles. The fraction of sp³-hybridized carbons (Fsp3) is 0.611. The van der Waals surface area contributed by atoms with Gasteiger partial charge in [-0.1, -0.05) is 18.2 Å². The van der Waals surface area contributed by atoms with Gasteiger partial charge in [-0.05, 0) is 38.3 Å². The highest BCUT2D eigenvalue weighted by molar-refractivity contribution is 7.89. The Bertz CT molecular complexity index is 657. The van der Waals surface area contributed by atoms with Crippen molar-refractivity contribution in [1.82, 2.24) is 9.21 Å². The van der Waals surface area contributed by atoms with E-state index in [1.54, 1.807) is 6.92 Å². The number of aliphatic carboxylic acids is 1. The zero-order chi connectivity index (χ0) is 19.0. The van der Waals surface area contributed by atoms with Crippen LogP contribution in [0.25, 0.3) is 0 Å². The molecule has 1 N–H and O–H groups in total. The standard InChI is InChI=1S/C18H28N2O5S/c1-2-26(23,24)20-12-9-16(10-13-20)19(15-18(21)22)11-6-14-25-17-7-4-3-5-8-17/h3-5,7-8,16H,2,6,9-15H2,1H3,(H,21,22). The molecule has 7 nitrogen and oxygen atoms in total. The van der Waals surface area contributed by atoms with Crippen LogP contribution in [0.1, 0.15) is 26.2 Å². The Morgan fingerprint density at radius 2 is 1.92 bits per heavy atom. The minimum Gasteiger partial charge on any atom is -0.494 e. The summed E-state index contributed by atoms with van der Waals surface area (Å²) < 4.78 is 31.1. The molecule has 0 saturated carbocycles. The smallest absolute Gasteiger partial charge is 0.317 e. The highest BCUT2D eigenvalue weighted by Crippen LogP contribution is 2.19. The Hall–Kier alpha value is -1.64. The number of rotatable bonds is 10. The van der Waals surface area contributed by atoms with Crippen molar-refractivity contribution in [2.24, 2.45) is 0 Å². The summed E-state index contributed by atoms with van der Waals surface area (Å²) in [5, 5.41) is 9.19. The highest BCUT2D eigenvalue weighted by Gasteiger charge is 2.30. The molecular weight excluding hydrogens is 356 g/mol. The van der Waals surface area contributed by atoms with Gasteiger partial charge in [0.25, 0.3) is 0 Å². The van der Waals surface area contributed by atoms with Crippen LogP contribution in [-0.4, -0.2) is 73.3 Å². The molecule has 8 heteroatoms. The maximum absolute atomic E-state index is 12.0. The lowest BCUT2D eigenvalue weighted by Crippen LogP contribution is -2.48. The quantitative estimate of drug-likeness (QED) is 0.617. The minimum atomic E-state index is -3.17. The van der Waals surface area contributed by atoms with Crippen molar-refractivity contribution in [2.75, 3.05) is 38.5 Å². The second-order valence-corrected chi connectivity index (χ2v) is 8.67. The second kappa shape index (κ2) is 9.89. The van der Waals surface area contributed by atoms with Gasteiger partial charge in [-0.15, -0.1) is 0 Å². The lowest BCUT2D eigenvalue weighted by Gasteiger charge is -2.37. The van der Waals surface area contributed by atoms with Crippen molar-refractivity contribution < 1.29 is 23.1 Å². The van der Waals surface area contributed by atoms with Crippen molar-refractivity contribution >= 4 is 16.0 Å². The van der Waals surface area contributed by atoms with Gasteiger partial charge in [-0.2, -0.15) is 0 Å². The summed E-state index contributed by atoms with van der Waals surface area (Å²) in [6.07, 6.45) is 2.04. The van der Waals surface area contributed by atoms with Crippen LogP contribution >= 0.6 is 0 Å². The minimum absolute atomic E-state index is 0.0312. The average molecular weight is 384 g/mol. The van der Waals surface area contributed by atoms with E-state index in [1.807, 2.05) is 35.2 Å². The van der Waals surface area contributed by atoms with Gasteiger partial charge in [0.2, 0.25) is 10.0 Å². The van der Waals surface area contributed by atoms with E-state index in [1.165, 1.54) is 4.31 Å². The molecule has 146 valence electrons. The molecule has 0 spiro atoms. The Labute approximate surface area is 155 Å². The van der Waals surface area contributed by atoms with E-state index in [-0.39, 0.29) is 18.3 Å². The zero-order valence-electron chi connectivity index (χ0n) is 15.2. The molecule has 1 aliphatic heterocycles. The van der Waals surface area contributed by atoms with Crippen molar-refractivity contribution in [3.8, 4) is 5.75 Å². The summed E-state index contributed by atoms with van der Waals surface area (Å²) in [5.41, 5.74) is 0. The van der Waals surface area contributed by atoms with E-state index in [0.717, 1.165) is 12.2 Å². The number of nitrogens with zero attached hydrogens (tertiary/aromatic N) is 2. The predicted molar refractivity (Wildman–Crippen MR) is 99.8 cm³/mol. The number of carbonyl (C=O) groups is 1. The summed E-state index contributed by atoms with van der Waals surface area (Å²) in [7, 11) is -3.17. The first-order valence-electron chi connectivity index (χ1n) is 9.04. The van der Waals surface area contributed by atoms with E-state index in [4.69, 9.17) is 4.74 Å². The highest BCUT2D eigenvalue weighted by atomic mass is 32.2.